The number of hydrogen-bond acceptors (Lipinski definition) is 1. The zero-order valence-corrected chi connectivity index (χ0v) is 9.93. The van der Waals surface area contributed by atoms with Gasteiger partial charge in [-0.25, -0.2) is 0 Å². The van der Waals surface area contributed by atoms with Crippen LogP contribution >= 0.6 is 11.6 Å². The van der Waals surface area contributed by atoms with Gasteiger partial charge >= 0.3 is 0 Å². The standard InChI is InChI=1S/C13H16ClN/c1-4-6-15-13(5-2)11-7-10(3)8-12(14)9-11/h2,7-9,13,15H,4,6H2,1,3H3. The van der Waals surface area contributed by atoms with Crippen molar-refractivity contribution in [3.05, 3.63) is 34.3 Å². The molecule has 1 rings (SSSR count). The largest absolute Gasteiger partial charge is 0.300 e. The maximum Gasteiger partial charge on any atom is 0.0943 e. The maximum absolute atomic E-state index is 5.99. The number of aryl methyl sites for hydroxylation is 1. The van der Waals surface area contributed by atoms with Crippen LogP contribution in [0.25, 0.3) is 0 Å². The SMILES string of the molecule is C#CC(NCCC)c1cc(C)cc(Cl)c1. The van der Waals surface area contributed by atoms with Crippen molar-refractivity contribution in [3.8, 4) is 12.3 Å². The Morgan fingerprint density at radius 1 is 1.47 bits per heavy atom. The lowest BCUT2D eigenvalue weighted by molar-refractivity contribution is 0.626. The highest BCUT2D eigenvalue weighted by molar-refractivity contribution is 6.30. The van der Waals surface area contributed by atoms with Gasteiger partial charge in [-0.3, -0.25) is 0 Å². The molecule has 1 aromatic carbocycles. The predicted octanol–water partition coefficient (Wildman–Crippen LogP) is 3.32. The van der Waals surface area contributed by atoms with Gasteiger partial charge in [0.05, 0.1) is 6.04 Å². The molecule has 2 heteroatoms. The van der Waals surface area contributed by atoms with Gasteiger partial charge in [0.1, 0.15) is 0 Å². The van der Waals surface area contributed by atoms with Crippen LogP contribution in [0.1, 0.15) is 30.5 Å². The Morgan fingerprint density at radius 2 is 2.20 bits per heavy atom. The molecule has 1 N–H and O–H groups in total. The van der Waals surface area contributed by atoms with Crippen LogP contribution in [0.3, 0.4) is 0 Å². The van der Waals surface area contributed by atoms with Crippen LogP contribution in [0.4, 0.5) is 0 Å². The first kappa shape index (κ1) is 12.1. The lowest BCUT2D eigenvalue weighted by Crippen LogP contribution is -2.20. The van der Waals surface area contributed by atoms with Crippen LogP contribution in [0.2, 0.25) is 5.02 Å². The maximum atomic E-state index is 5.99. The lowest BCUT2D eigenvalue weighted by Gasteiger charge is -2.13. The van der Waals surface area contributed by atoms with Crippen molar-refractivity contribution in [2.45, 2.75) is 26.3 Å². The number of halogens is 1. The van der Waals surface area contributed by atoms with E-state index in [1.165, 1.54) is 0 Å². The third-order valence-corrected chi connectivity index (χ3v) is 2.38. The van der Waals surface area contributed by atoms with Crippen LogP contribution in [0.5, 0.6) is 0 Å². The zero-order valence-electron chi connectivity index (χ0n) is 9.18. The average molecular weight is 222 g/mol. The predicted molar refractivity (Wildman–Crippen MR) is 66.1 cm³/mol. The lowest BCUT2D eigenvalue weighted by atomic mass is 10.0. The van der Waals surface area contributed by atoms with Crippen LogP contribution in [-0.4, -0.2) is 6.54 Å². The second-order valence-electron chi connectivity index (χ2n) is 3.62. The first-order chi connectivity index (χ1) is 7.17. The first-order valence-electron chi connectivity index (χ1n) is 5.14. The fourth-order valence-electron chi connectivity index (χ4n) is 1.49. The summed E-state index contributed by atoms with van der Waals surface area (Å²) in [6, 6.07) is 5.88. The molecule has 1 atom stereocenters. The minimum absolute atomic E-state index is 0.0395. The molecule has 0 aliphatic heterocycles. The molecule has 0 aromatic heterocycles. The molecule has 0 fully saturated rings. The van der Waals surface area contributed by atoms with Crippen molar-refractivity contribution in [2.75, 3.05) is 6.54 Å². The summed E-state index contributed by atoms with van der Waals surface area (Å²) in [6.45, 7) is 5.05. The smallest absolute Gasteiger partial charge is 0.0943 e. The van der Waals surface area contributed by atoms with Gasteiger partial charge in [-0.1, -0.05) is 30.5 Å². The number of terminal acetylenes is 1. The van der Waals surface area contributed by atoms with Gasteiger partial charge < -0.3 is 5.32 Å². The monoisotopic (exact) mass is 221 g/mol. The van der Waals surface area contributed by atoms with Crippen molar-refractivity contribution in [2.24, 2.45) is 0 Å². The van der Waals surface area contributed by atoms with Gasteiger partial charge in [0.2, 0.25) is 0 Å². The van der Waals surface area contributed by atoms with E-state index in [1.54, 1.807) is 0 Å². The summed E-state index contributed by atoms with van der Waals surface area (Å²) >= 11 is 5.99. The van der Waals surface area contributed by atoms with Gasteiger partial charge in [-0.15, -0.1) is 6.42 Å². The van der Waals surface area contributed by atoms with Crippen molar-refractivity contribution in [1.29, 1.82) is 0 Å². The zero-order chi connectivity index (χ0) is 11.3. The van der Waals surface area contributed by atoms with Crippen LogP contribution in [-0.2, 0) is 0 Å². The molecule has 0 spiro atoms. The quantitative estimate of drug-likeness (QED) is 0.770. The van der Waals surface area contributed by atoms with Crippen molar-refractivity contribution >= 4 is 11.6 Å². The van der Waals surface area contributed by atoms with Crippen molar-refractivity contribution in [3.63, 3.8) is 0 Å². The van der Waals surface area contributed by atoms with Gasteiger partial charge in [0, 0.05) is 5.02 Å². The highest BCUT2D eigenvalue weighted by Crippen LogP contribution is 2.19. The second-order valence-corrected chi connectivity index (χ2v) is 4.05. The number of rotatable bonds is 4. The van der Waals surface area contributed by atoms with E-state index in [1.807, 2.05) is 19.1 Å². The summed E-state index contributed by atoms with van der Waals surface area (Å²) in [6.07, 6.45) is 6.56. The van der Waals surface area contributed by atoms with E-state index >= 15 is 0 Å². The van der Waals surface area contributed by atoms with Gasteiger partial charge in [-0.05, 0) is 43.1 Å². The summed E-state index contributed by atoms with van der Waals surface area (Å²) in [5, 5.41) is 4.03. The number of hydrogen-bond donors (Lipinski definition) is 1. The van der Waals surface area contributed by atoms with Crippen molar-refractivity contribution in [1.82, 2.24) is 5.32 Å². The molecular formula is C13H16ClN. The van der Waals surface area contributed by atoms with Gasteiger partial charge in [0.15, 0.2) is 0 Å². The first-order valence-corrected chi connectivity index (χ1v) is 5.51. The Balaban J connectivity index is 2.87. The summed E-state index contributed by atoms with van der Waals surface area (Å²) in [4.78, 5) is 0. The Hall–Kier alpha value is -0.970. The number of benzene rings is 1. The Kier molecular flexibility index (Phi) is 4.68. The van der Waals surface area contributed by atoms with E-state index in [0.29, 0.717) is 0 Å². The van der Waals surface area contributed by atoms with Gasteiger partial charge in [0.25, 0.3) is 0 Å². The second kappa shape index (κ2) is 5.80. The minimum Gasteiger partial charge on any atom is -0.300 e. The highest BCUT2D eigenvalue weighted by Gasteiger charge is 2.07. The minimum atomic E-state index is -0.0395. The molecular weight excluding hydrogens is 206 g/mol. The summed E-state index contributed by atoms with van der Waals surface area (Å²) in [7, 11) is 0. The van der Waals surface area contributed by atoms with Crippen LogP contribution < -0.4 is 5.32 Å². The topological polar surface area (TPSA) is 12.0 Å². The van der Waals surface area contributed by atoms with E-state index in [9.17, 15) is 0 Å². The molecule has 15 heavy (non-hydrogen) atoms. The average Bonchev–Trinajstić information content (AvgIpc) is 2.17. The van der Waals surface area contributed by atoms with Crippen LogP contribution in [0, 0.1) is 19.3 Å². The van der Waals surface area contributed by atoms with Crippen LogP contribution in [0.15, 0.2) is 18.2 Å². The highest BCUT2D eigenvalue weighted by atomic mass is 35.5. The van der Waals surface area contributed by atoms with E-state index in [-0.39, 0.29) is 6.04 Å². The number of nitrogens with one attached hydrogen (secondary N) is 1. The molecule has 80 valence electrons. The molecule has 0 amide bonds. The molecule has 0 saturated carbocycles. The molecule has 1 unspecified atom stereocenters. The fraction of sp³-hybridized carbons (Fsp3) is 0.385. The van der Waals surface area contributed by atoms with E-state index in [2.05, 4.69) is 24.2 Å². The molecule has 0 radical (unpaired) electrons. The fourth-order valence-corrected chi connectivity index (χ4v) is 1.79. The Morgan fingerprint density at radius 3 is 2.73 bits per heavy atom. The summed E-state index contributed by atoms with van der Waals surface area (Å²) in [5.41, 5.74) is 2.20. The molecule has 0 aliphatic rings. The Bertz CT molecular complexity index is 345. The molecule has 0 heterocycles. The third-order valence-electron chi connectivity index (χ3n) is 2.16. The van der Waals surface area contributed by atoms with E-state index < -0.39 is 0 Å². The molecule has 1 nitrogen and oxygen atoms in total. The molecule has 1 aromatic rings. The third kappa shape index (κ3) is 3.58. The molecule has 0 saturated heterocycles. The normalized spacial score (nSPS) is 12.1. The van der Waals surface area contributed by atoms with E-state index in [0.717, 1.165) is 29.1 Å². The molecule has 0 aliphatic carbocycles. The summed E-state index contributed by atoms with van der Waals surface area (Å²) in [5.74, 6) is 2.74. The molecule has 0 bridgehead atoms. The van der Waals surface area contributed by atoms with E-state index in [4.69, 9.17) is 18.0 Å². The van der Waals surface area contributed by atoms with Crippen molar-refractivity contribution < 1.29 is 0 Å². The van der Waals surface area contributed by atoms with Gasteiger partial charge in [-0.2, -0.15) is 0 Å². The summed E-state index contributed by atoms with van der Waals surface area (Å²) < 4.78 is 0. The Labute approximate surface area is 96.8 Å².